The predicted molar refractivity (Wildman–Crippen MR) is 89.0 cm³/mol. The SMILES string of the molecule is COC(=O)C(C)(C(=O)OCC1CC2CCC1C2)C1CC2CCC1C2. The Morgan fingerprint density at radius 2 is 1.58 bits per heavy atom. The maximum Gasteiger partial charge on any atom is 0.323 e. The molecule has 4 fully saturated rings. The van der Waals surface area contributed by atoms with Gasteiger partial charge in [-0.1, -0.05) is 12.8 Å². The third kappa shape index (κ3) is 2.48. The van der Waals surface area contributed by atoms with Crippen molar-refractivity contribution in [2.45, 2.75) is 58.3 Å². The molecule has 4 nitrogen and oxygen atoms in total. The quantitative estimate of drug-likeness (QED) is 0.569. The lowest BCUT2D eigenvalue weighted by atomic mass is 9.69. The van der Waals surface area contributed by atoms with Crippen LogP contribution in [0.1, 0.15) is 58.3 Å². The number of methoxy groups -OCH3 is 1. The van der Waals surface area contributed by atoms with Gasteiger partial charge < -0.3 is 9.47 Å². The van der Waals surface area contributed by atoms with Gasteiger partial charge in [0.1, 0.15) is 0 Å². The number of hydrogen-bond donors (Lipinski definition) is 0. The second kappa shape index (κ2) is 6.03. The number of ether oxygens (including phenoxy) is 2. The fraction of sp³-hybridized carbons (Fsp3) is 0.900. The van der Waals surface area contributed by atoms with Crippen LogP contribution in [0.4, 0.5) is 0 Å². The van der Waals surface area contributed by atoms with Crippen molar-refractivity contribution in [3.8, 4) is 0 Å². The third-order valence-corrected chi connectivity index (χ3v) is 7.83. The van der Waals surface area contributed by atoms with Gasteiger partial charge in [0, 0.05) is 0 Å². The van der Waals surface area contributed by atoms with E-state index in [1.165, 1.54) is 39.2 Å². The van der Waals surface area contributed by atoms with Crippen LogP contribution in [0.15, 0.2) is 0 Å². The molecule has 4 aliphatic carbocycles. The minimum atomic E-state index is -1.12. The van der Waals surface area contributed by atoms with Gasteiger partial charge >= 0.3 is 11.9 Å². The molecule has 4 heteroatoms. The van der Waals surface area contributed by atoms with Crippen molar-refractivity contribution < 1.29 is 19.1 Å². The lowest BCUT2D eigenvalue weighted by Crippen LogP contribution is -2.47. The molecule has 0 N–H and O–H groups in total. The van der Waals surface area contributed by atoms with Gasteiger partial charge in [0.25, 0.3) is 0 Å². The first kappa shape index (κ1) is 16.4. The van der Waals surface area contributed by atoms with Crippen molar-refractivity contribution in [2.24, 2.45) is 40.9 Å². The zero-order valence-corrected chi connectivity index (χ0v) is 15.0. The molecule has 7 unspecified atom stereocenters. The van der Waals surface area contributed by atoms with Gasteiger partial charge in [-0.15, -0.1) is 0 Å². The van der Waals surface area contributed by atoms with Gasteiger partial charge in [0.05, 0.1) is 13.7 Å². The fourth-order valence-electron chi connectivity index (χ4n) is 6.46. The molecule has 0 radical (unpaired) electrons. The van der Waals surface area contributed by atoms with Crippen LogP contribution in [0.3, 0.4) is 0 Å². The lowest BCUT2D eigenvalue weighted by molar-refractivity contribution is -0.177. The Morgan fingerprint density at radius 3 is 2.08 bits per heavy atom. The minimum Gasteiger partial charge on any atom is -0.468 e. The summed E-state index contributed by atoms with van der Waals surface area (Å²) in [5, 5.41) is 0. The maximum atomic E-state index is 13.0. The van der Waals surface area contributed by atoms with Crippen LogP contribution < -0.4 is 0 Å². The summed E-state index contributed by atoms with van der Waals surface area (Å²) in [4.78, 5) is 25.5. The largest absolute Gasteiger partial charge is 0.468 e. The Kier molecular flexibility index (Phi) is 4.12. The molecular weight excluding hydrogens is 304 g/mol. The number of carbonyl (C=O) groups excluding carboxylic acids is 2. The van der Waals surface area contributed by atoms with Gasteiger partial charge in [-0.25, -0.2) is 0 Å². The molecule has 24 heavy (non-hydrogen) atoms. The highest BCUT2D eigenvalue weighted by Crippen LogP contribution is 2.55. The van der Waals surface area contributed by atoms with E-state index in [1.54, 1.807) is 6.92 Å². The second-order valence-electron chi connectivity index (χ2n) is 9.01. The summed E-state index contributed by atoms with van der Waals surface area (Å²) in [6, 6.07) is 0. The van der Waals surface area contributed by atoms with Gasteiger partial charge in [-0.3, -0.25) is 9.59 Å². The summed E-state index contributed by atoms with van der Waals surface area (Å²) in [7, 11) is 1.39. The van der Waals surface area contributed by atoms with E-state index >= 15 is 0 Å². The van der Waals surface area contributed by atoms with E-state index in [1.807, 2.05) is 0 Å². The molecule has 0 amide bonds. The van der Waals surface area contributed by atoms with Gasteiger partial charge in [0.2, 0.25) is 0 Å². The zero-order chi connectivity index (χ0) is 16.9. The van der Waals surface area contributed by atoms with Crippen LogP contribution in [-0.2, 0) is 19.1 Å². The van der Waals surface area contributed by atoms with E-state index in [0.717, 1.165) is 31.1 Å². The summed E-state index contributed by atoms with van der Waals surface area (Å²) in [5.74, 6) is 2.60. The van der Waals surface area contributed by atoms with Crippen LogP contribution in [0, 0.1) is 40.9 Å². The van der Waals surface area contributed by atoms with E-state index in [4.69, 9.17) is 9.47 Å². The minimum absolute atomic E-state index is 0.0937. The average Bonchev–Trinajstić information content (AvgIpc) is 3.38. The summed E-state index contributed by atoms with van der Waals surface area (Å²) < 4.78 is 10.8. The van der Waals surface area contributed by atoms with E-state index in [2.05, 4.69) is 0 Å². The Balaban J connectivity index is 1.44. The molecule has 134 valence electrons. The Bertz CT molecular complexity index is 530. The van der Waals surface area contributed by atoms with Gasteiger partial charge in [-0.2, -0.15) is 0 Å². The first-order valence-electron chi connectivity index (χ1n) is 9.78. The van der Waals surface area contributed by atoms with Crippen molar-refractivity contribution in [3.05, 3.63) is 0 Å². The van der Waals surface area contributed by atoms with Crippen LogP contribution in [0.2, 0.25) is 0 Å². The fourth-order valence-corrected chi connectivity index (χ4v) is 6.46. The molecule has 4 rings (SSSR count). The van der Waals surface area contributed by atoms with Crippen molar-refractivity contribution >= 4 is 11.9 Å². The first-order valence-corrected chi connectivity index (χ1v) is 9.78. The van der Waals surface area contributed by atoms with E-state index in [-0.39, 0.29) is 11.9 Å². The highest BCUT2D eigenvalue weighted by Gasteiger charge is 2.58. The van der Waals surface area contributed by atoms with Crippen molar-refractivity contribution in [2.75, 3.05) is 13.7 Å². The number of fused-ring (bicyclic) bond motifs is 4. The number of esters is 2. The molecule has 4 bridgehead atoms. The molecular formula is C20H30O4. The van der Waals surface area contributed by atoms with E-state index in [0.29, 0.717) is 24.4 Å². The normalized spacial score (nSPS) is 42.1. The highest BCUT2D eigenvalue weighted by molar-refractivity contribution is 6.00. The highest BCUT2D eigenvalue weighted by atomic mass is 16.6. The summed E-state index contributed by atoms with van der Waals surface area (Å²) >= 11 is 0. The molecule has 0 aromatic carbocycles. The standard InChI is InChI=1S/C20H30O4/c1-20(18(21)23-2,17-10-13-4-6-15(17)8-13)19(22)24-11-16-9-12-3-5-14(16)7-12/h12-17H,3-11H2,1-2H3. The van der Waals surface area contributed by atoms with Crippen molar-refractivity contribution in [1.82, 2.24) is 0 Å². The molecule has 7 atom stereocenters. The molecule has 0 spiro atoms. The van der Waals surface area contributed by atoms with Crippen molar-refractivity contribution in [1.29, 1.82) is 0 Å². The average molecular weight is 334 g/mol. The smallest absolute Gasteiger partial charge is 0.323 e. The molecule has 0 saturated heterocycles. The molecule has 0 heterocycles. The number of rotatable bonds is 5. The van der Waals surface area contributed by atoms with E-state index < -0.39 is 11.4 Å². The van der Waals surface area contributed by atoms with Gasteiger partial charge in [0.15, 0.2) is 5.41 Å². The maximum absolute atomic E-state index is 13.0. The zero-order valence-electron chi connectivity index (χ0n) is 15.0. The Hall–Kier alpha value is -1.06. The molecule has 4 aliphatic rings. The molecule has 4 saturated carbocycles. The molecule has 0 aliphatic heterocycles. The molecule has 0 aromatic rings. The lowest BCUT2D eigenvalue weighted by Gasteiger charge is -2.36. The monoisotopic (exact) mass is 334 g/mol. The topological polar surface area (TPSA) is 52.6 Å². The van der Waals surface area contributed by atoms with Crippen LogP contribution in [0.25, 0.3) is 0 Å². The summed E-state index contributed by atoms with van der Waals surface area (Å²) in [6.07, 6.45) is 9.66. The van der Waals surface area contributed by atoms with Gasteiger partial charge in [-0.05, 0) is 81.0 Å². The summed E-state index contributed by atoms with van der Waals surface area (Å²) in [5.41, 5.74) is -1.12. The van der Waals surface area contributed by atoms with E-state index in [9.17, 15) is 9.59 Å². The third-order valence-electron chi connectivity index (χ3n) is 7.83. The van der Waals surface area contributed by atoms with Crippen LogP contribution in [-0.4, -0.2) is 25.7 Å². The number of hydrogen-bond acceptors (Lipinski definition) is 4. The number of carbonyl (C=O) groups is 2. The Morgan fingerprint density at radius 1 is 0.917 bits per heavy atom. The summed E-state index contributed by atoms with van der Waals surface area (Å²) in [6.45, 7) is 2.26. The van der Waals surface area contributed by atoms with Crippen molar-refractivity contribution in [3.63, 3.8) is 0 Å². The van der Waals surface area contributed by atoms with Crippen LogP contribution >= 0.6 is 0 Å². The first-order chi connectivity index (χ1) is 11.5. The Labute approximate surface area is 144 Å². The molecule has 0 aromatic heterocycles. The predicted octanol–water partition coefficient (Wildman–Crippen LogP) is 3.58. The van der Waals surface area contributed by atoms with Crippen LogP contribution in [0.5, 0.6) is 0 Å². The second-order valence-corrected chi connectivity index (χ2v) is 9.01.